The van der Waals surface area contributed by atoms with Crippen LogP contribution in [0.5, 0.6) is 0 Å². The van der Waals surface area contributed by atoms with Gasteiger partial charge >= 0.3 is 0 Å². The van der Waals surface area contributed by atoms with Crippen LogP contribution in [0.1, 0.15) is 5.69 Å². The topological polar surface area (TPSA) is 110 Å². The van der Waals surface area contributed by atoms with Gasteiger partial charge in [-0.2, -0.15) is 5.21 Å². The Hall–Kier alpha value is -3.16. The van der Waals surface area contributed by atoms with E-state index in [1.54, 1.807) is 12.3 Å². The van der Waals surface area contributed by atoms with Crippen molar-refractivity contribution in [2.24, 2.45) is 0 Å². The van der Waals surface area contributed by atoms with Crippen LogP contribution in [-0.4, -0.2) is 30.5 Å². The van der Waals surface area contributed by atoms with Crippen LogP contribution >= 0.6 is 0 Å². The summed E-state index contributed by atoms with van der Waals surface area (Å²) in [5.74, 6) is 0.300. The van der Waals surface area contributed by atoms with Crippen molar-refractivity contribution in [1.29, 1.82) is 0 Å². The highest BCUT2D eigenvalue weighted by molar-refractivity contribution is 5.81. The second-order valence-corrected chi connectivity index (χ2v) is 4.41. The van der Waals surface area contributed by atoms with Gasteiger partial charge < -0.3 is 0 Å². The predicted octanol–water partition coefficient (Wildman–Crippen LogP) is 2.15. The number of nitrogens with zero attached hydrogens (tertiary/aromatic N) is 5. The molecule has 3 rings (SSSR count). The van der Waals surface area contributed by atoms with E-state index < -0.39 is 4.92 Å². The molecule has 8 nitrogen and oxygen atoms in total. The maximum Gasteiger partial charge on any atom is 0.270 e. The zero-order valence-electron chi connectivity index (χ0n) is 11.0. The Morgan fingerprint density at radius 3 is 2.67 bits per heavy atom. The Bertz CT molecular complexity index is 783. The zero-order chi connectivity index (χ0) is 14.8. The van der Waals surface area contributed by atoms with E-state index in [0.29, 0.717) is 11.4 Å². The molecule has 2 aromatic heterocycles. The highest BCUT2D eigenvalue weighted by Crippen LogP contribution is 2.32. The number of benzene rings is 1. The van der Waals surface area contributed by atoms with E-state index in [-0.39, 0.29) is 5.69 Å². The van der Waals surface area contributed by atoms with Gasteiger partial charge in [0.1, 0.15) is 0 Å². The summed E-state index contributed by atoms with van der Waals surface area (Å²) in [6, 6.07) is 8.30. The van der Waals surface area contributed by atoms with Gasteiger partial charge in [-0.25, -0.2) is 0 Å². The van der Waals surface area contributed by atoms with E-state index in [1.807, 2.05) is 19.1 Å². The van der Waals surface area contributed by atoms with Crippen molar-refractivity contribution in [2.75, 3.05) is 0 Å². The fourth-order valence-corrected chi connectivity index (χ4v) is 1.99. The van der Waals surface area contributed by atoms with E-state index in [0.717, 1.165) is 16.8 Å². The third-order valence-electron chi connectivity index (χ3n) is 3.02. The standard InChI is InChI=1S/C13H10N6O2/c1-8-2-3-9(7-14-8)11-5-4-10(19(20)21)6-12(11)13-15-17-18-16-13/h2-7H,1H3,(H,15,16,17,18). The Morgan fingerprint density at radius 2 is 2.05 bits per heavy atom. The molecule has 0 aliphatic carbocycles. The molecule has 0 radical (unpaired) electrons. The molecule has 104 valence electrons. The summed E-state index contributed by atoms with van der Waals surface area (Å²) in [7, 11) is 0. The largest absolute Gasteiger partial charge is 0.270 e. The summed E-state index contributed by atoms with van der Waals surface area (Å²) in [4.78, 5) is 14.7. The summed E-state index contributed by atoms with van der Waals surface area (Å²) in [6.45, 7) is 1.89. The number of non-ortho nitro benzene ring substituents is 1. The maximum atomic E-state index is 10.9. The summed E-state index contributed by atoms with van der Waals surface area (Å²) in [5.41, 5.74) is 2.98. The number of aryl methyl sites for hydroxylation is 1. The van der Waals surface area contributed by atoms with Gasteiger partial charge in [-0.15, -0.1) is 10.2 Å². The van der Waals surface area contributed by atoms with Gasteiger partial charge in [-0.3, -0.25) is 15.1 Å². The molecule has 0 aliphatic heterocycles. The van der Waals surface area contributed by atoms with Crippen molar-refractivity contribution in [1.82, 2.24) is 25.6 Å². The molecule has 0 saturated carbocycles. The van der Waals surface area contributed by atoms with Crippen LogP contribution in [0.25, 0.3) is 22.5 Å². The number of tetrazole rings is 1. The number of nitrogens with one attached hydrogen (secondary N) is 1. The third-order valence-corrected chi connectivity index (χ3v) is 3.02. The van der Waals surface area contributed by atoms with Crippen molar-refractivity contribution in [3.05, 3.63) is 52.3 Å². The minimum atomic E-state index is -0.458. The number of rotatable bonds is 3. The molecule has 0 amide bonds. The highest BCUT2D eigenvalue weighted by atomic mass is 16.6. The van der Waals surface area contributed by atoms with Crippen LogP contribution in [-0.2, 0) is 0 Å². The van der Waals surface area contributed by atoms with Crippen LogP contribution in [0, 0.1) is 17.0 Å². The summed E-state index contributed by atoms with van der Waals surface area (Å²) >= 11 is 0. The van der Waals surface area contributed by atoms with E-state index in [2.05, 4.69) is 25.6 Å². The van der Waals surface area contributed by atoms with Gasteiger partial charge in [0.05, 0.1) is 4.92 Å². The molecule has 0 atom stereocenters. The Kier molecular flexibility index (Phi) is 3.11. The molecule has 0 bridgehead atoms. The lowest BCUT2D eigenvalue weighted by molar-refractivity contribution is -0.384. The number of nitro groups is 1. The lowest BCUT2D eigenvalue weighted by Gasteiger charge is -2.06. The summed E-state index contributed by atoms with van der Waals surface area (Å²) in [6.07, 6.45) is 1.71. The molecule has 0 aliphatic rings. The molecule has 0 fully saturated rings. The smallest absolute Gasteiger partial charge is 0.261 e. The Labute approximate surface area is 119 Å². The number of hydrogen-bond donors (Lipinski definition) is 1. The van der Waals surface area contributed by atoms with Gasteiger partial charge in [0.2, 0.25) is 5.82 Å². The number of nitro benzene ring substituents is 1. The molecule has 0 saturated heterocycles. The van der Waals surface area contributed by atoms with Gasteiger partial charge in [0.25, 0.3) is 5.69 Å². The SMILES string of the molecule is Cc1ccc(-c2ccc([N+](=O)[O-])cc2-c2nn[nH]n2)cn1. The second-order valence-electron chi connectivity index (χ2n) is 4.41. The molecular formula is C13H10N6O2. The second kappa shape index (κ2) is 5.08. The lowest BCUT2D eigenvalue weighted by atomic mass is 10.00. The first-order valence-electron chi connectivity index (χ1n) is 6.10. The maximum absolute atomic E-state index is 10.9. The molecular weight excluding hydrogens is 272 g/mol. The molecule has 1 aromatic carbocycles. The van der Waals surface area contributed by atoms with Gasteiger partial charge in [-0.1, -0.05) is 6.07 Å². The van der Waals surface area contributed by atoms with Crippen molar-refractivity contribution < 1.29 is 4.92 Å². The van der Waals surface area contributed by atoms with Crippen molar-refractivity contribution in [2.45, 2.75) is 6.92 Å². The zero-order valence-corrected chi connectivity index (χ0v) is 11.0. The quantitative estimate of drug-likeness (QED) is 0.582. The minimum absolute atomic E-state index is 0.0291. The third kappa shape index (κ3) is 2.46. The Morgan fingerprint density at radius 1 is 1.19 bits per heavy atom. The highest BCUT2D eigenvalue weighted by Gasteiger charge is 2.16. The van der Waals surface area contributed by atoms with Crippen LogP contribution in [0.15, 0.2) is 36.5 Å². The first-order chi connectivity index (χ1) is 10.1. The lowest BCUT2D eigenvalue weighted by Crippen LogP contribution is -1.93. The van der Waals surface area contributed by atoms with Gasteiger partial charge in [0, 0.05) is 35.2 Å². The first kappa shape index (κ1) is 12.9. The molecule has 21 heavy (non-hydrogen) atoms. The van der Waals surface area contributed by atoms with Crippen LogP contribution in [0.3, 0.4) is 0 Å². The van der Waals surface area contributed by atoms with E-state index in [9.17, 15) is 10.1 Å². The average Bonchev–Trinajstić information content (AvgIpc) is 3.01. The number of H-pyrrole nitrogens is 1. The van der Waals surface area contributed by atoms with E-state index in [4.69, 9.17) is 0 Å². The fraction of sp³-hybridized carbons (Fsp3) is 0.0769. The average molecular weight is 282 g/mol. The summed E-state index contributed by atoms with van der Waals surface area (Å²) < 4.78 is 0. The van der Waals surface area contributed by atoms with Gasteiger partial charge in [0.15, 0.2) is 0 Å². The van der Waals surface area contributed by atoms with Crippen molar-refractivity contribution in [3.63, 3.8) is 0 Å². The number of aromatic nitrogens is 5. The minimum Gasteiger partial charge on any atom is -0.261 e. The van der Waals surface area contributed by atoms with Crippen LogP contribution in [0.2, 0.25) is 0 Å². The molecule has 0 spiro atoms. The van der Waals surface area contributed by atoms with Crippen LogP contribution < -0.4 is 0 Å². The normalized spacial score (nSPS) is 10.5. The monoisotopic (exact) mass is 282 g/mol. The number of pyridine rings is 1. The van der Waals surface area contributed by atoms with Crippen molar-refractivity contribution >= 4 is 5.69 Å². The van der Waals surface area contributed by atoms with Gasteiger partial charge in [-0.05, 0) is 29.8 Å². The summed E-state index contributed by atoms with van der Waals surface area (Å²) in [5, 5.41) is 24.6. The first-order valence-corrected chi connectivity index (χ1v) is 6.10. The predicted molar refractivity (Wildman–Crippen MR) is 74.2 cm³/mol. The molecule has 0 unspecified atom stereocenters. The number of aromatic amines is 1. The fourth-order valence-electron chi connectivity index (χ4n) is 1.99. The Balaban J connectivity index is 2.20. The van der Waals surface area contributed by atoms with E-state index >= 15 is 0 Å². The van der Waals surface area contributed by atoms with E-state index in [1.165, 1.54) is 12.1 Å². The van der Waals surface area contributed by atoms with Crippen molar-refractivity contribution in [3.8, 4) is 22.5 Å². The molecule has 2 heterocycles. The van der Waals surface area contributed by atoms with Crippen LogP contribution in [0.4, 0.5) is 5.69 Å². The molecule has 8 heteroatoms. The molecule has 1 N–H and O–H groups in total. The molecule has 3 aromatic rings. The number of hydrogen-bond acceptors (Lipinski definition) is 6.